The Bertz CT molecular complexity index is 1380. The average molecular weight is 534 g/mol. The number of ether oxygens (including phenoxy) is 3. The number of methoxy groups -OCH3 is 1. The number of carbonyl (C=O) groups is 2. The number of hydrogen-bond donors (Lipinski definition) is 1. The van der Waals surface area contributed by atoms with E-state index in [0.717, 1.165) is 39.1 Å². The summed E-state index contributed by atoms with van der Waals surface area (Å²) in [6, 6.07) is 13.3. The van der Waals surface area contributed by atoms with E-state index < -0.39 is 0 Å². The Kier molecular flexibility index (Phi) is 8.90. The van der Waals surface area contributed by atoms with E-state index in [-0.39, 0.29) is 36.5 Å². The number of halogens is 1. The van der Waals surface area contributed by atoms with Gasteiger partial charge in [0.1, 0.15) is 29.7 Å². The number of carbonyl (C=O) groups excluding carboxylic acids is 2. The van der Waals surface area contributed by atoms with Gasteiger partial charge >= 0.3 is 5.97 Å². The quantitative estimate of drug-likeness (QED) is 0.228. The zero-order valence-electron chi connectivity index (χ0n) is 23.3. The van der Waals surface area contributed by atoms with Crippen LogP contribution in [0.25, 0.3) is 11.1 Å². The second-order valence-electron chi connectivity index (χ2n) is 10.1. The summed E-state index contributed by atoms with van der Waals surface area (Å²) in [5.74, 6) is 0.835. The molecule has 1 unspecified atom stereocenters. The highest BCUT2D eigenvalue weighted by Gasteiger charge is 2.23. The highest BCUT2D eigenvalue weighted by Crippen LogP contribution is 2.39. The number of fused-ring (bicyclic) bond motifs is 1. The Balaban J connectivity index is 1.53. The molecule has 0 radical (unpaired) electrons. The van der Waals surface area contributed by atoms with Crippen LogP contribution in [0.5, 0.6) is 11.5 Å². The van der Waals surface area contributed by atoms with Gasteiger partial charge in [0.05, 0.1) is 25.4 Å². The molecule has 206 valence electrons. The molecule has 1 aliphatic rings. The number of esters is 1. The van der Waals surface area contributed by atoms with E-state index in [1.165, 1.54) is 13.2 Å². The molecule has 1 atom stereocenters. The van der Waals surface area contributed by atoms with Gasteiger partial charge in [-0.15, -0.1) is 0 Å². The second kappa shape index (κ2) is 12.3. The molecule has 0 amide bonds. The van der Waals surface area contributed by atoms with E-state index in [9.17, 15) is 14.0 Å². The first kappa shape index (κ1) is 28.1. The van der Waals surface area contributed by atoms with Crippen molar-refractivity contribution >= 4 is 17.4 Å². The Morgan fingerprint density at radius 1 is 1.08 bits per heavy atom. The van der Waals surface area contributed by atoms with Gasteiger partial charge in [0.25, 0.3) is 0 Å². The fraction of sp³-hybridized carbons (Fsp3) is 0.375. The van der Waals surface area contributed by atoms with Crippen molar-refractivity contribution in [3.05, 3.63) is 76.1 Å². The molecule has 0 spiro atoms. The van der Waals surface area contributed by atoms with Crippen LogP contribution in [0.15, 0.2) is 42.5 Å². The smallest absolute Gasteiger partial charge is 0.305 e. The van der Waals surface area contributed by atoms with Crippen LogP contribution in [0.1, 0.15) is 60.0 Å². The third-order valence-corrected chi connectivity index (χ3v) is 7.27. The first-order valence-corrected chi connectivity index (χ1v) is 13.3. The molecule has 39 heavy (non-hydrogen) atoms. The minimum absolute atomic E-state index is 0.111. The van der Waals surface area contributed by atoms with E-state index in [0.29, 0.717) is 43.1 Å². The van der Waals surface area contributed by atoms with Crippen LogP contribution in [0.3, 0.4) is 0 Å². The summed E-state index contributed by atoms with van der Waals surface area (Å²) in [4.78, 5) is 22.7. The standard InChI is InChI=1S/C32H36FNO5/c1-19-14-29(38-13-7-8-20(2)35)21(3)22(4)32(19)25-10-6-9-24(15-25)28-18-39-30-16-23(11-12-31(36)37-5)26(33)17-27(30)34-28/h6,9-10,14-17,28,34H,7-8,11-13,18H2,1-5H3. The van der Waals surface area contributed by atoms with Crippen molar-refractivity contribution in [1.29, 1.82) is 0 Å². The molecular formula is C32H36FNO5. The molecule has 0 aliphatic carbocycles. The Labute approximate surface area is 229 Å². The van der Waals surface area contributed by atoms with E-state index >= 15 is 0 Å². The topological polar surface area (TPSA) is 73.9 Å². The molecule has 1 heterocycles. The zero-order valence-corrected chi connectivity index (χ0v) is 23.3. The van der Waals surface area contributed by atoms with Crippen LogP contribution in [-0.4, -0.2) is 32.1 Å². The fourth-order valence-electron chi connectivity index (χ4n) is 4.99. The van der Waals surface area contributed by atoms with Crippen LogP contribution in [0.4, 0.5) is 10.1 Å². The van der Waals surface area contributed by atoms with Gasteiger partial charge in [-0.3, -0.25) is 4.79 Å². The molecule has 7 heteroatoms. The number of benzene rings is 3. The minimum Gasteiger partial charge on any atom is -0.493 e. The molecule has 1 aliphatic heterocycles. The van der Waals surface area contributed by atoms with Gasteiger partial charge in [-0.25, -0.2) is 4.39 Å². The number of nitrogens with one attached hydrogen (secondary N) is 1. The number of Topliss-reactive ketones (excluding diaryl/α,β-unsaturated/α-hetero) is 1. The normalized spacial score (nSPS) is 14.2. The summed E-state index contributed by atoms with van der Waals surface area (Å²) in [6.45, 7) is 8.74. The van der Waals surface area contributed by atoms with E-state index in [1.54, 1.807) is 13.0 Å². The predicted octanol–water partition coefficient (Wildman–Crippen LogP) is 6.82. The molecule has 0 bridgehead atoms. The van der Waals surface area contributed by atoms with E-state index in [1.807, 2.05) is 12.1 Å². The van der Waals surface area contributed by atoms with Crippen LogP contribution in [-0.2, 0) is 20.7 Å². The van der Waals surface area contributed by atoms with Gasteiger partial charge in [0.15, 0.2) is 0 Å². The lowest BCUT2D eigenvalue weighted by Crippen LogP contribution is -2.24. The van der Waals surface area contributed by atoms with Crippen molar-refractivity contribution in [3.8, 4) is 22.6 Å². The molecular weight excluding hydrogens is 497 g/mol. The van der Waals surface area contributed by atoms with Crippen molar-refractivity contribution in [3.63, 3.8) is 0 Å². The number of rotatable bonds is 10. The monoisotopic (exact) mass is 533 g/mol. The fourth-order valence-corrected chi connectivity index (χ4v) is 4.99. The highest BCUT2D eigenvalue weighted by atomic mass is 19.1. The molecule has 0 aromatic heterocycles. The summed E-state index contributed by atoms with van der Waals surface area (Å²) >= 11 is 0. The molecule has 0 fully saturated rings. The van der Waals surface area contributed by atoms with Crippen LogP contribution >= 0.6 is 0 Å². The van der Waals surface area contributed by atoms with Gasteiger partial charge in [0.2, 0.25) is 0 Å². The van der Waals surface area contributed by atoms with E-state index in [4.69, 9.17) is 9.47 Å². The molecule has 0 saturated carbocycles. The van der Waals surface area contributed by atoms with Crippen molar-refractivity contribution in [1.82, 2.24) is 0 Å². The summed E-state index contributed by atoms with van der Waals surface area (Å²) in [5.41, 5.74) is 7.63. The van der Waals surface area contributed by atoms with Crippen molar-refractivity contribution in [2.75, 3.05) is 25.6 Å². The van der Waals surface area contributed by atoms with Crippen LogP contribution < -0.4 is 14.8 Å². The Morgan fingerprint density at radius 3 is 2.62 bits per heavy atom. The Hall–Kier alpha value is -3.87. The van der Waals surface area contributed by atoms with Gasteiger partial charge < -0.3 is 24.3 Å². The van der Waals surface area contributed by atoms with Gasteiger partial charge in [-0.2, -0.15) is 0 Å². The van der Waals surface area contributed by atoms with Gasteiger partial charge in [-0.1, -0.05) is 18.2 Å². The van der Waals surface area contributed by atoms with Crippen molar-refractivity contribution in [2.24, 2.45) is 0 Å². The van der Waals surface area contributed by atoms with Crippen LogP contribution in [0, 0.1) is 26.6 Å². The largest absolute Gasteiger partial charge is 0.493 e. The Morgan fingerprint density at radius 2 is 1.87 bits per heavy atom. The molecule has 0 saturated heterocycles. The maximum Gasteiger partial charge on any atom is 0.305 e. The molecule has 3 aromatic rings. The maximum absolute atomic E-state index is 14.8. The minimum atomic E-state index is -0.381. The molecule has 6 nitrogen and oxygen atoms in total. The molecule has 4 rings (SSSR count). The predicted molar refractivity (Wildman–Crippen MR) is 150 cm³/mol. The van der Waals surface area contributed by atoms with Crippen molar-refractivity contribution in [2.45, 2.75) is 59.4 Å². The maximum atomic E-state index is 14.8. The zero-order chi connectivity index (χ0) is 28.1. The van der Waals surface area contributed by atoms with Gasteiger partial charge in [0, 0.05) is 18.9 Å². The molecule has 3 aromatic carbocycles. The summed E-state index contributed by atoms with van der Waals surface area (Å²) < 4.78 is 31.5. The first-order chi connectivity index (χ1) is 18.7. The van der Waals surface area contributed by atoms with E-state index in [2.05, 4.69) is 49.0 Å². The number of ketones is 1. The average Bonchev–Trinajstić information content (AvgIpc) is 2.92. The third-order valence-electron chi connectivity index (χ3n) is 7.27. The number of hydrogen-bond acceptors (Lipinski definition) is 6. The molecule has 1 N–H and O–H groups in total. The van der Waals surface area contributed by atoms with Gasteiger partial charge in [-0.05, 0) is 97.7 Å². The third kappa shape index (κ3) is 6.59. The van der Waals surface area contributed by atoms with Crippen molar-refractivity contribution < 1.29 is 28.2 Å². The second-order valence-corrected chi connectivity index (χ2v) is 10.1. The summed E-state index contributed by atoms with van der Waals surface area (Å²) in [6.07, 6.45) is 1.59. The first-order valence-electron chi connectivity index (χ1n) is 13.3. The lowest BCUT2D eigenvalue weighted by Gasteiger charge is -2.29. The number of anilines is 1. The van der Waals surface area contributed by atoms with Crippen LogP contribution in [0.2, 0.25) is 0 Å². The SMILES string of the molecule is COC(=O)CCc1cc2c(cc1F)NC(c1cccc(-c3c(C)cc(OCCCC(C)=O)c(C)c3C)c1)CO2. The number of aryl methyl sites for hydroxylation is 2. The lowest BCUT2D eigenvalue weighted by atomic mass is 9.90. The highest BCUT2D eigenvalue weighted by molar-refractivity contribution is 5.76. The summed E-state index contributed by atoms with van der Waals surface area (Å²) in [7, 11) is 1.32. The lowest BCUT2D eigenvalue weighted by molar-refractivity contribution is -0.140. The summed E-state index contributed by atoms with van der Waals surface area (Å²) in [5, 5.41) is 3.42.